The summed E-state index contributed by atoms with van der Waals surface area (Å²) in [4.78, 5) is 2.60. The molecule has 2 N–H and O–H groups in total. The Labute approximate surface area is 106 Å². The Hall–Kier alpha value is -0.120. The number of nitrogens with zero attached hydrogens (tertiary/aromatic N) is 1. The van der Waals surface area contributed by atoms with Crippen LogP contribution in [0.25, 0.3) is 0 Å². The van der Waals surface area contributed by atoms with E-state index in [1.807, 2.05) is 0 Å². The van der Waals surface area contributed by atoms with Crippen molar-refractivity contribution in [1.29, 1.82) is 0 Å². The number of hydrogen-bond acceptors (Lipinski definition) is 3. The highest BCUT2D eigenvalue weighted by atomic mass is 16.5. The van der Waals surface area contributed by atoms with Crippen LogP contribution in [0.15, 0.2) is 0 Å². The molecule has 3 nitrogen and oxygen atoms in total. The van der Waals surface area contributed by atoms with Gasteiger partial charge in [-0.1, -0.05) is 19.8 Å². The number of ether oxygens (including phenoxy) is 1. The Balaban J connectivity index is 1.70. The minimum absolute atomic E-state index is 0.358. The molecular weight excluding hydrogens is 212 g/mol. The van der Waals surface area contributed by atoms with Gasteiger partial charge in [-0.25, -0.2) is 0 Å². The first-order valence-electron chi connectivity index (χ1n) is 7.35. The number of hydrogen-bond donors (Lipinski definition) is 1. The summed E-state index contributed by atoms with van der Waals surface area (Å²) in [5, 5.41) is 0. The van der Waals surface area contributed by atoms with E-state index in [1.165, 1.54) is 38.8 Å². The first-order valence-corrected chi connectivity index (χ1v) is 7.35. The smallest absolute Gasteiger partial charge is 0.0521 e. The summed E-state index contributed by atoms with van der Waals surface area (Å²) >= 11 is 0. The van der Waals surface area contributed by atoms with Crippen LogP contribution in [0.1, 0.15) is 39.0 Å². The van der Waals surface area contributed by atoms with Gasteiger partial charge in [0, 0.05) is 25.1 Å². The van der Waals surface area contributed by atoms with Crippen molar-refractivity contribution in [3.05, 3.63) is 0 Å². The lowest BCUT2D eigenvalue weighted by molar-refractivity contribution is 0.0206. The molecule has 0 aromatic heterocycles. The predicted octanol–water partition coefficient (Wildman–Crippen LogP) is 1.86. The van der Waals surface area contributed by atoms with Gasteiger partial charge in [-0.15, -0.1) is 0 Å². The first kappa shape index (κ1) is 13.3. The monoisotopic (exact) mass is 240 g/mol. The molecule has 0 aromatic carbocycles. The number of likely N-dealkylation sites (tertiary alicyclic amines) is 1. The fourth-order valence-electron chi connectivity index (χ4n) is 3.20. The second-order valence-corrected chi connectivity index (χ2v) is 5.82. The minimum atomic E-state index is 0.358. The van der Waals surface area contributed by atoms with Crippen molar-refractivity contribution in [2.45, 2.75) is 45.1 Å². The lowest BCUT2D eigenvalue weighted by Gasteiger charge is -2.37. The van der Waals surface area contributed by atoms with E-state index in [2.05, 4.69) is 11.8 Å². The Morgan fingerprint density at radius 1 is 1.24 bits per heavy atom. The molecule has 0 aromatic rings. The summed E-state index contributed by atoms with van der Waals surface area (Å²) in [6.07, 6.45) is 6.57. The molecule has 2 rings (SSSR count). The van der Waals surface area contributed by atoms with Gasteiger partial charge < -0.3 is 15.4 Å². The molecule has 2 atom stereocenters. The molecule has 0 spiro atoms. The van der Waals surface area contributed by atoms with Gasteiger partial charge >= 0.3 is 0 Å². The molecule has 0 bridgehead atoms. The average molecular weight is 240 g/mol. The van der Waals surface area contributed by atoms with Crippen molar-refractivity contribution >= 4 is 0 Å². The molecule has 0 saturated carbocycles. The molecule has 2 fully saturated rings. The van der Waals surface area contributed by atoms with Gasteiger partial charge in [0.05, 0.1) is 6.61 Å². The highest BCUT2D eigenvalue weighted by Crippen LogP contribution is 2.23. The second-order valence-electron chi connectivity index (χ2n) is 5.82. The first-order chi connectivity index (χ1) is 8.29. The van der Waals surface area contributed by atoms with Crippen LogP contribution in [0.2, 0.25) is 0 Å². The maximum absolute atomic E-state index is 6.16. The van der Waals surface area contributed by atoms with Crippen LogP contribution in [-0.2, 0) is 4.74 Å². The summed E-state index contributed by atoms with van der Waals surface area (Å²) in [5.41, 5.74) is 6.16. The summed E-state index contributed by atoms with van der Waals surface area (Å²) in [5.74, 6) is 1.54. The largest absolute Gasteiger partial charge is 0.381 e. The Bertz CT molecular complexity index is 214. The van der Waals surface area contributed by atoms with Crippen molar-refractivity contribution in [2.24, 2.45) is 17.6 Å². The lowest BCUT2D eigenvalue weighted by Crippen LogP contribution is -2.47. The minimum Gasteiger partial charge on any atom is -0.381 e. The van der Waals surface area contributed by atoms with Crippen molar-refractivity contribution in [1.82, 2.24) is 4.90 Å². The maximum atomic E-state index is 6.16. The predicted molar refractivity (Wildman–Crippen MR) is 71.0 cm³/mol. The van der Waals surface area contributed by atoms with E-state index in [0.717, 1.165) is 32.1 Å². The van der Waals surface area contributed by atoms with E-state index in [4.69, 9.17) is 10.5 Å². The molecule has 17 heavy (non-hydrogen) atoms. The zero-order valence-corrected chi connectivity index (χ0v) is 11.2. The third-order valence-corrected chi connectivity index (χ3v) is 4.43. The molecule has 2 aliphatic rings. The van der Waals surface area contributed by atoms with Gasteiger partial charge in [0.15, 0.2) is 0 Å². The molecule has 2 unspecified atom stereocenters. The van der Waals surface area contributed by atoms with Crippen LogP contribution in [0.3, 0.4) is 0 Å². The molecule has 2 saturated heterocycles. The summed E-state index contributed by atoms with van der Waals surface area (Å²) in [6.45, 7) is 7.72. The third kappa shape index (κ3) is 3.94. The Kier molecular flexibility index (Phi) is 5.26. The number of piperidine rings is 1. The van der Waals surface area contributed by atoms with Crippen LogP contribution in [0, 0.1) is 11.8 Å². The Morgan fingerprint density at radius 3 is 2.65 bits per heavy atom. The fraction of sp³-hybridized carbons (Fsp3) is 1.00. The molecule has 0 amide bonds. The van der Waals surface area contributed by atoms with Crippen LogP contribution >= 0.6 is 0 Å². The third-order valence-electron chi connectivity index (χ3n) is 4.43. The van der Waals surface area contributed by atoms with Crippen molar-refractivity contribution < 1.29 is 4.74 Å². The standard InChI is InChI=1S/C14H28N2O/c1-2-3-12-4-7-16(8-5-12)10-13-11-17-9-6-14(13)15/h12-14H,2-11,15H2,1H3. The summed E-state index contributed by atoms with van der Waals surface area (Å²) in [6, 6.07) is 0.358. The number of nitrogens with two attached hydrogens (primary N) is 1. The van der Waals surface area contributed by atoms with E-state index in [-0.39, 0.29) is 0 Å². The summed E-state index contributed by atoms with van der Waals surface area (Å²) < 4.78 is 5.55. The molecule has 2 heterocycles. The van der Waals surface area contributed by atoms with Crippen LogP contribution in [-0.4, -0.2) is 43.8 Å². The van der Waals surface area contributed by atoms with E-state index in [0.29, 0.717) is 12.0 Å². The SMILES string of the molecule is CCCC1CCN(CC2COCCC2N)CC1. The quantitative estimate of drug-likeness (QED) is 0.815. The van der Waals surface area contributed by atoms with Crippen LogP contribution < -0.4 is 5.73 Å². The fourth-order valence-corrected chi connectivity index (χ4v) is 3.20. The van der Waals surface area contributed by atoms with Crippen LogP contribution in [0.4, 0.5) is 0 Å². The van der Waals surface area contributed by atoms with Gasteiger partial charge in [0.1, 0.15) is 0 Å². The zero-order chi connectivity index (χ0) is 12.1. The molecule has 3 heteroatoms. The molecule has 0 aliphatic carbocycles. The summed E-state index contributed by atoms with van der Waals surface area (Å²) in [7, 11) is 0. The Morgan fingerprint density at radius 2 is 2.00 bits per heavy atom. The molecule has 100 valence electrons. The van der Waals surface area contributed by atoms with Gasteiger partial charge in [-0.05, 0) is 38.3 Å². The maximum Gasteiger partial charge on any atom is 0.0521 e. The highest BCUT2D eigenvalue weighted by Gasteiger charge is 2.26. The normalized spacial score (nSPS) is 32.8. The second kappa shape index (κ2) is 6.72. The zero-order valence-electron chi connectivity index (χ0n) is 11.2. The van der Waals surface area contributed by atoms with Crippen molar-refractivity contribution in [3.63, 3.8) is 0 Å². The van der Waals surface area contributed by atoms with E-state index < -0.39 is 0 Å². The van der Waals surface area contributed by atoms with Gasteiger partial charge in [0.25, 0.3) is 0 Å². The van der Waals surface area contributed by atoms with Gasteiger partial charge in [-0.3, -0.25) is 0 Å². The van der Waals surface area contributed by atoms with E-state index in [1.54, 1.807) is 0 Å². The highest BCUT2D eigenvalue weighted by molar-refractivity contribution is 4.81. The van der Waals surface area contributed by atoms with E-state index in [9.17, 15) is 0 Å². The van der Waals surface area contributed by atoms with Crippen molar-refractivity contribution in [2.75, 3.05) is 32.8 Å². The topological polar surface area (TPSA) is 38.5 Å². The molecule has 2 aliphatic heterocycles. The van der Waals surface area contributed by atoms with Gasteiger partial charge in [0.2, 0.25) is 0 Å². The number of rotatable bonds is 4. The van der Waals surface area contributed by atoms with Crippen LogP contribution in [0.5, 0.6) is 0 Å². The van der Waals surface area contributed by atoms with E-state index >= 15 is 0 Å². The van der Waals surface area contributed by atoms with Gasteiger partial charge in [-0.2, -0.15) is 0 Å². The average Bonchev–Trinajstić information content (AvgIpc) is 2.35. The lowest BCUT2D eigenvalue weighted by atomic mass is 9.90. The van der Waals surface area contributed by atoms with Crippen molar-refractivity contribution in [3.8, 4) is 0 Å². The molecule has 0 radical (unpaired) electrons. The molecular formula is C14H28N2O.